The molecular weight excluding hydrogens is 413 g/mol. The second-order valence-electron chi connectivity index (χ2n) is 7.22. The smallest absolute Gasteiger partial charge is 0.314 e. The highest BCUT2D eigenvalue weighted by Gasteiger charge is 2.24. The summed E-state index contributed by atoms with van der Waals surface area (Å²) in [6.07, 6.45) is 4.46. The number of H-pyrrole nitrogens is 1. The van der Waals surface area contributed by atoms with E-state index in [9.17, 15) is 14.0 Å². The molecule has 2 amide bonds. The molecule has 0 atom stereocenters. The molecule has 4 N–H and O–H groups in total. The summed E-state index contributed by atoms with van der Waals surface area (Å²) in [6, 6.07) is 9.41. The molecule has 0 saturated carbocycles. The van der Waals surface area contributed by atoms with Crippen LogP contribution in [-0.4, -0.2) is 36.9 Å². The quantitative estimate of drug-likeness (QED) is 0.415. The van der Waals surface area contributed by atoms with E-state index in [1.165, 1.54) is 29.4 Å². The van der Waals surface area contributed by atoms with Crippen molar-refractivity contribution in [1.82, 2.24) is 25.1 Å². The van der Waals surface area contributed by atoms with Gasteiger partial charge in [-0.3, -0.25) is 19.7 Å². The van der Waals surface area contributed by atoms with E-state index in [1.54, 1.807) is 24.4 Å². The molecule has 0 saturated heterocycles. The summed E-state index contributed by atoms with van der Waals surface area (Å²) < 4.78 is 13.3. The lowest BCUT2D eigenvalue weighted by Gasteiger charge is -2.23. The molecule has 1 aromatic carbocycles. The number of hydrogen-bond acceptors (Lipinski definition) is 6. The fourth-order valence-electron chi connectivity index (χ4n) is 3.24. The first-order valence-electron chi connectivity index (χ1n) is 9.75. The molecule has 3 heterocycles. The van der Waals surface area contributed by atoms with Crippen LogP contribution in [0, 0.1) is 12.7 Å². The highest BCUT2D eigenvalue weighted by molar-refractivity contribution is 6.40. The molecule has 9 nitrogen and oxygen atoms in total. The summed E-state index contributed by atoms with van der Waals surface area (Å²) in [7, 11) is 0. The predicted octanol–water partition coefficient (Wildman–Crippen LogP) is 2.55. The van der Waals surface area contributed by atoms with Gasteiger partial charge in [0.2, 0.25) is 0 Å². The topological polar surface area (TPSA) is 130 Å². The Labute approximate surface area is 182 Å². The fourth-order valence-corrected chi connectivity index (χ4v) is 3.24. The Balaban J connectivity index is 1.59. The zero-order valence-corrected chi connectivity index (χ0v) is 17.2. The molecule has 32 heavy (non-hydrogen) atoms. The van der Waals surface area contributed by atoms with Crippen molar-refractivity contribution >= 4 is 34.2 Å². The first kappa shape index (κ1) is 20.9. The number of aryl methyl sites for hydroxylation is 1. The molecule has 0 aliphatic rings. The van der Waals surface area contributed by atoms with Gasteiger partial charge >= 0.3 is 11.8 Å². The Hall–Kier alpha value is -4.34. The monoisotopic (exact) mass is 433 g/mol. The van der Waals surface area contributed by atoms with Gasteiger partial charge in [-0.05, 0) is 36.2 Å². The summed E-state index contributed by atoms with van der Waals surface area (Å²) in [5, 5.41) is 9.75. The summed E-state index contributed by atoms with van der Waals surface area (Å²) in [6.45, 7) is 2.08. The van der Waals surface area contributed by atoms with Gasteiger partial charge in [0.1, 0.15) is 11.6 Å². The molecule has 162 valence electrons. The molecule has 10 heteroatoms. The van der Waals surface area contributed by atoms with Crippen molar-refractivity contribution < 1.29 is 14.0 Å². The van der Waals surface area contributed by atoms with E-state index < -0.39 is 11.8 Å². The van der Waals surface area contributed by atoms with Crippen molar-refractivity contribution in [3.05, 3.63) is 77.6 Å². The number of fused-ring (bicyclic) bond motifs is 1. The Morgan fingerprint density at radius 2 is 1.91 bits per heavy atom. The number of carbonyl (C=O) groups excluding carboxylic acids is 2. The Morgan fingerprint density at radius 3 is 2.66 bits per heavy atom. The first-order chi connectivity index (χ1) is 15.4. The number of nitrogens with zero attached hydrogens (tertiary/aromatic N) is 4. The van der Waals surface area contributed by atoms with Crippen molar-refractivity contribution in [2.45, 2.75) is 20.0 Å². The van der Waals surface area contributed by atoms with Crippen LogP contribution in [0.15, 0.2) is 55.0 Å². The van der Waals surface area contributed by atoms with Crippen molar-refractivity contribution in [3.8, 4) is 0 Å². The first-order valence-corrected chi connectivity index (χ1v) is 9.75. The number of anilines is 2. The number of nitrogens with one attached hydrogen (secondary N) is 2. The van der Waals surface area contributed by atoms with E-state index in [0.717, 1.165) is 5.56 Å². The Bertz CT molecular complexity index is 1290. The number of nitrogen functional groups attached to an aromatic ring is 1. The van der Waals surface area contributed by atoms with Gasteiger partial charge in [-0.1, -0.05) is 18.2 Å². The van der Waals surface area contributed by atoms with E-state index in [2.05, 4.69) is 25.5 Å². The van der Waals surface area contributed by atoms with Gasteiger partial charge in [0.05, 0.1) is 41.2 Å². The Morgan fingerprint density at radius 1 is 1.12 bits per heavy atom. The Kier molecular flexibility index (Phi) is 5.75. The van der Waals surface area contributed by atoms with Crippen LogP contribution in [0.1, 0.15) is 16.8 Å². The summed E-state index contributed by atoms with van der Waals surface area (Å²) in [4.78, 5) is 35.7. The van der Waals surface area contributed by atoms with Gasteiger partial charge in [-0.15, -0.1) is 0 Å². The number of aromatic nitrogens is 4. The number of amides is 2. The third kappa shape index (κ3) is 4.38. The van der Waals surface area contributed by atoms with Gasteiger partial charge in [-0.2, -0.15) is 5.10 Å². The fraction of sp³-hybridized carbons (Fsp3) is 0.136. The van der Waals surface area contributed by atoms with Crippen LogP contribution in [0.25, 0.3) is 10.9 Å². The normalized spacial score (nSPS) is 10.8. The van der Waals surface area contributed by atoms with Crippen LogP contribution in [0.3, 0.4) is 0 Å². The molecule has 4 aromatic rings. The van der Waals surface area contributed by atoms with Gasteiger partial charge in [-0.25, -0.2) is 9.37 Å². The third-order valence-electron chi connectivity index (χ3n) is 4.99. The van der Waals surface area contributed by atoms with Gasteiger partial charge < -0.3 is 16.0 Å². The van der Waals surface area contributed by atoms with E-state index in [0.29, 0.717) is 22.2 Å². The lowest BCUT2D eigenvalue weighted by atomic mass is 10.1. The van der Waals surface area contributed by atoms with Crippen LogP contribution < -0.4 is 11.1 Å². The highest BCUT2D eigenvalue weighted by atomic mass is 19.1. The number of aromatic amines is 1. The van der Waals surface area contributed by atoms with E-state index in [-0.39, 0.29) is 30.4 Å². The maximum atomic E-state index is 13.3. The van der Waals surface area contributed by atoms with Crippen molar-refractivity contribution in [2.75, 3.05) is 11.1 Å². The lowest BCUT2D eigenvalue weighted by molar-refractivity contribution is -0.144. The summed E-state index contributed by atoms with van der Waals surface area (Å²) >= 11 is 0. The zero-order chi connectivity index (χ0) is 22.7. The third-order valence-corrected chi connectivity index (χ3v) is 4.99. The maximum absolute atomic E-state index is 13.3. The predicted molar refractivity (Wildman–Crippen MR) is 117 cm³/mol. The van der Waals surface area contributed by atoms with Crippen molar-refractivity contribution in [2.24, 2.45) is 0 Å². The maximum Gasteiger partial charge on any atom is 0.314 e. The van der Waals surface area contributed by atoms with Gasteiger partial charge in [0.25, 0.3) is 0 Å². The van der Waals surface area contributed by atoms with Crippen LogP contribution >= 0.6 is 0 Å². The summed E-state index contributed by atoms with van der Waals surface area (Å²) in [5.74, 6) is -1.77. The van der Waals surface area contributed by atoms with Crippen molar-refractivity contribution in [1.29, 1.82) is 0 Å². The number of halogens is 1. The molecule has 3 aromatic heterocycles. The van der Waals surface area contributed by atoms with Crippen molar-refractivity contribution in [3.63, 3.8) is 0 Å². The molecule has 0 unspecified atom stereocenters. The minimum Gasteiger partial charge on any atom is -0.383 e. The molecule has 0 bridgehead atoms. The second kappa shape index (κ2) is 8.80. The number of hydrogen-bond donors (Lipinski definition) is 3. The van der Waals surface area contributed by atoms with Crippen LogP contribution in [-0.2, 0) is 22.7 Å². The van der Waals surface area contributed by atoms with Gasteiger partial charge in [0.15, 0.2) is 0 Å². The lowest BCUT2D eigenvalue weighted by Crippen LogP contribution is -2.39. The minimum atomic E-state index is -0.858. The largest absolute Gasteiger partial charge is 0.383 e. The number of benzene rings is 1. The average molecular weight is 433 g/mol. The van der Waals surface area contributed by atoms with E-state index in [1.807, 2.05) is 13.0 Å². The molecule has 0 radical (unpaired) electrons. The van der Waals surface area contributed by atoms with Crippen LogP contribution in [0.5, 0.6) is 0 Å². The number of nitrogens with two attached hydrogens (primary N) is 1. The molecule has 0 fully saturated rings. The summed E-state index contributed by atoms with van der Waals surface area (Å²) in [5.41, 5.74) is 8.76. The number of pyridine rings is 2. The zero-order valence-electron chi connectivity index (χ0n) is 17.2. The van der Waals surface area contributed by atoms with E-state index >= 15 is 0 Å². The highest BCUT2D eigenvalue weighted by Crippen LogP contribution is 2.24. The molecule has 4 rings (SSSR count). The molecule has 0 aliphatic heterocycles. The molecule has 0 aliphatic carbocycles. The second-order valence-corrected chi connectivity index (χ2v) is 7.22. The van der Waals surface area contributed by atoms with Crippen LogP contribution in [0.4, 0.5) is 15.9 Å². The standard InChI is InChI=1S/C22H20FN7O2/c1-13-3-2-8-25-18(13)12-30(11-14-4-6-15(23)7-5-14)22(32)21(31)28-17-10-26-20(24)16-9-27-29-19(16)17/h2-10H,11-12H2,1H3,(H2,24,26)(H,27,29)(H,28,31). The van der Waals surface area contributed by atoms with Crippen LogP contribution in [0.2, 0.25) is 0 Å². The minimum absolute atomic E-state index is 0.0992. The number of rotatable bonds is 5. The molecule has 0 spiro atoms. The SMILES string of the molecule is Cc1cccnc1CN(Cc1ccc(F)cc1)C(=O)C(=O)Nc1cnc(N)c2cn[nH]c12. The van der Waals surface area contributed by atoms with Gasteiger partial charge in [0, 0.05) is 12.7 Å². The average Bonchev–Trinajstić information content (AvgIpc) is 3.29. The van der Waals surface area contributed by atoms with E-state index in [4.69, 9.17) is 5.73 Å². The molecular formula is C22H20FN7O2. The number of carbonyl (C=O) groups is 2.